The van der Waals surface area contributed by atoms with Crippen molar-refractivity contribution in [1.29, 1.82) is 0 Å². The van der Waals surface area contributed by atoms with Crippen molar-refractivity contribution < 1.29 is 4.74 Å². The number of nitrogen functional groups attached to an aromatic ring is 2. The minimum atomic E-state index is 0.214. The number of aliphatic imine (C=N–C) groups is 1. The van der Waals surface area contributed by atoms with Crippen molar-refractivity contribution in [3.8, 4) is 22.8 Å². The minimum absolute atomic E-state index is 0.214. The quantitative estimate of drug-likeness (QED) is 0.423. The third kappa shape index (κ3) is 3.83. The van der Waals surface area contributed by atoms with Crippen LogP contribution in [0.3, 0.4) is 0 Å². The van der Waals surface area contributed by atoms with E-state index < -0.39 is 0 Å². The molecule has 0 aliphatic carbocycles. The molecule has 1 aliphatic rings. The molecule has 3 aromatic carbocycles. The van der Waals surface area contributed by atoms with Crippen LogP contribution < -0.4 is 21.9 Å². The van der Waals surface area contributed by atoms with Gasteiger partial charge in [0.05, 0.1) is 11.3 Å². The Morgan fingerprint density at radius 1 is 0.750 bits per heavy atom. The maximum atomic E-state index is 6.37. The predicted octanol–water partition coefficient (Wildman–Crippen LogP) is 4.24. The van der Waals surface area contributed by atoms with Crippen LogP contribution in [-0.2, 0) is 12.8 Å². The van der Waals surface area contributed by atoms with E-state index in [1.165, 1.54) is 5.56 Å². The number of nitrogens with zero attached hydrogens (tertiary/aromatic N) is 3. The molecule has 1 aromatic heterocycles. The number of amidine groups is 1. The number of nitrogens with two attached hydrogens (primary N) is 3. The van der Waals surface area contributed by atoms with Gasteiger partial charge in [-0.05, 0) is 48.7 Å². The highest BCUT2D eigenvalue weighted by Crippen LogP contribution is 2.40. The van der Waals surface area contributed by atoms with Gasteiger partial charge in [0.25, 0.3) is 0 Å². The second kappa shape index (κ2) is 8.03. The smallest absolute Gasteiger partial charge is 0.220 e. The summed E-state index contributed by atoms with van der Waals surface area (Å²) in [4.78, 5) is 13.3. The van der Waals surface area contributed by atoms with E-state index in [4.69, 9.17) is 21.9 Å². The van der Waals surface area contributed by atoms with Crippen molar-refractivity contribution in [2.24, 2.45) is 10.7 Å². The second-order valence-electron chi connectivity index (χ2n) is 7.59. The maximum Gasteiger partial charge on any atom is 0.220 e. The largest absolute Gasteiger partial charge is 0.454 e. The zero-order chi connectivity index (χ0) is 22.1. The van der Waals surface area contributed by atoms with Gasteiger partial charge in [0.2, 0.25) is 5.95 Å². The first-order valence-electron chi connectivity index (χ1n) is 10.3. The van der Waals surface area contributed by atoms with Crippen LogP contribution in [0.25, 0.3) is 11.3 Å². The topological polar surface area (TPSA) is 125 Å². The molecule has 32 heavy (non-hydrogen) atoms. The van der Waals surface area contributed by atoms with Gasteiger partial charge in [-0.3, -0.25) is 0 Å². The van der Waals surface area contributed by atoms with E-state index in [1.54, 1.807) is 0 Å². The van der Waals surface area contributed by atoms with E-state index in [0.717, 1.165) is 24.1 Å². The van der Waals surface area contributed by atoms with Crippen molar-refractivity contribution >= 4 is 23.2 Å². The predicted molar refractivity (Wildman–Crippen MR) is 127 cm³/mol. The molecule has 5 rings (SSSR count). The van der Waals surface area contributed by atoms with Gasteiger partial charge in [0, 0.05) is 16.9 Å². The highest BCUT2D eigenvalue weighted by molar-refractivity contribution is 6.07. The molecule has 0 unspecified atom stereocenters. The van der Waals surface area contributed by atoms with Gasteiger partial charge >= 0.3 is 0 Å². The molecule has 6 N–H and O–H groups in total. The summed E-state index contributed by atoms with van der Waals surface area (Å²) >= 11 is 0. The molecule has 0 spiro atoms. The number of ether oxygens (including phenoxy) is 1. The number of benzene rings is 3. The number of hydrogen-bond acceptors (Lipinski definition) is 7. The lowest BCUT2D eigenvalue weighted by molar-refractivity contribution is 0.485. The number of hydrogen-bond donors (Lipinski definition) is 3. The Labute approximate surface area is 185 Å². The molecule has 2 heterocycles. The number of aryl methyl sites for hydroxylation is 2. The van der Waals surface area contributed by atoms with Crippen LogP contribution in [-0.4, -0.2) is 15.8 Å². The van der Waals surface area contributed by atoms with Gasteiger partial charge in [-0.1, -0.05) is 42.5 Å². The fourth-order valence-corrected chi connectivity index (χ4v) is 3.79. The highest BCUT2D eigenvalue weighted by Gasteiger charge is 2.21. The van der Waals surface area contributed by atoms with Crippen LogP contribution in [0.4, 0.5) is 17.3 Å². The summed E-state index contributed by atoms with van der Waals surface area (Å²) < 4.78 is 6.13. The summed E-state index contributed by atoms with van der Waals surface area (Å²) in [5, 5.41) is 0. The molecule has 0 atom stereocenters. The lowest BCUT2D eigenvalue weighted by atomic mass is 10.0. The third-order valence-electron chi connectivity index (χ3n) is 5.32. The Bertz CT molecular complexity index is 1330. The van der Waals surface area contributed by atoms with Crippen LogP contribution in [0.15, 0.2) is 77.8 Å². The van der Waals surface area contributed by atoms with Gasteiger partial charge < -0.3 is 21.9 Å². The normalized spacial score (nSPS) is 12.2. The van der Waals surface area contributed by atoms with E-state index in [-0.39, 0.29) is 5.95 Å². The van der Waals surface area contributed by atoms with Crippen molar-refractivity contribution in [3.05, 3.63) is 89.6 Å². The van der Waals surface area contributed by atoms with Gasteiger partial charge in [0.1, 0.15) is 17.3 Å². The molecule has 4 aromatic rings. The van der Waals surface area contributed by atoms with Gasteiger partial charge in [-0.2, -0.15) is 0 Å². The zero-order valence-electron chi connectivity index (χ0n) is 17.3. The standard InChI is InChI=1S/C25H22N6O/c26-18-12-16(13-22-23(18)24(27)30-19-8-4-5-9-21(19)32-22)20-14-17(29-25(28)31-20)11-10-15-6-2-1-3-7-15/h1-9,12-14H,10-11,26H2,(H2,27,30)(H2,28,29,31). The monoisotopic (exact) mass is 422 g/mol. The summed E-state index contributed by atoms with van der Waals surface area (Å²) in [7, 11) is 0. The van der Waals surface area contributed by atoms with Crippen LogP contribution in [0.5, 0.6) is 11.5 Å². The molecular formula is C25H22N6O. The van der Waals surface area contributed by atoms with Crippen LogP contribution >= 0.6 is 0 Å². The van der Waals surface area contributed by atoms with Crippen LogP contribution in [0.1, 0.15) is 16.8 Å². The molecule has 7 heteroatoms. The second-order valence-corrected chi connectivity index (χ2v) is 7.59. The number of para-hydroxylation sites is 2. The fourth-order valence-electron chi connectivity index (χ4n) is 3.79. The number of fused-ring (bicyclic) bond motifs is 2. The summed E-state index contributed by atoms with van der Waals surface area (Å²) in [6.45, 7) is 0. The molecule has 1 aliphatic heterocycles. The van der Waals surface area contributed by atoms with Crippen molar-refractivity contribution in [3.63, 3.8) is 0 Å². The first-order valence-corrected chi connectivity index (χ1v) is 10.3. The summed E-state index contributed by atoms with van der Waals surface area (Å²) in [5.74, 6) is 1.65. The molecule has 0 bridgehead atoms. The Kier molecular flexibility index (Phi) is 4.91. The number of rotatable bonds is 4. The van der Waals surface area contributed by atoms with E-state index in [1.807, 2.05) is 60.7 Å². The Morgan fingerprint density at radius 2 is 1.53 bits per heavy atom. The van der Waals surface area contributed by atoms with Crippen LogP contribution in [0, 0.1) is 0 Å². The Balaban J connectivity index is 1.52. The van der Waals surface area contributed by atoms with Crippen molar-refractivity contribution in [1.82, 2.24) is 9.97 Å². The van der Waals surface area contributed by atoms with Crippen molar-refractivity contribution in [2.45, 2.75) is 12.8 Å². The van der Waals surface area contributed by atoms with E-state index >= 15 is 0 Å². The SMILES string of the molecule is NC1=Nc2ccccc2Oc2cc(-c3cc(CCc4ccccc4)nc(N)n3)cc(N)c21. The molecule has 0 amide bonds. The maximum absolute atomic E-state index is 6.37. The Morgan fingerprint density at radius 3 is 2.38 bits per heavy atom. The molecule has 158 valence electrons. The first-order chi connectivity index (χ1) is 15.6. The molecule has 7 nitrogen and oxygen atoms in total. The number of aromatic nitrogens is 2. The Hall–Kier alpha value is -4.39. The van der Waals surface area contributed by atoms with E-state index in [2.05, 4.69) is 27.1 Å². The van der Waals surface area contributed by atoms with E-state index in [0.29, 0.717) is 40.0 Å². The summed E-state index contributed by atoms with van der Waals surface area (Å²) in [6, 6.07) is 23.3. The molecule has 0 saturated carbocycles. The highest BCUT2D eigenvalue weighted by atomic mass is 16.5. The van der Waals surface area contributed by atoms with Gasteiger partial charge in [-0.25, -0.2) is 15.0 Å². The third-order valence-corrected chi connectivity index (χ3v) is 5.32. The van der Waals surface area contributed by atoms with E-state index in [9.17, 15) is 0 Å². The van der Waals surface area contributed by atoms with Crippen molar-refractivity contribution in [2.75, 3.05) is 11.5 Å². The lowest BCUT2D eigenvalue weighted by Crippen LogP contribution is -2.15. The number of anilines is 2. The fraction of sp³-hybridized carbons (Fsp3) is 0.0800. The molecule has 0 saturated heterocycles. The average Bonchev–Trinajstić information content (AvgIpc) is 2.93. The minimum Gasteiger partial charge on any atom is -0.454 e. The summed E-state index contributed by atoms with van der Waals surface area (Å²) in [5.41, 5.74) is 23.8. The average molecular weight is 422 g/mol. The molecular weight excluding hydrogens is 400 g/mol. The van der Waals surface area contributed by atoms with Gasteiger partial charge in [0.15, 0.2) is 5.75 Å². The molecule has 0 radical (unpaired) electrons. The van der Waals surface area contributed by atoms with Gasteiger partial charge in [-0.15, -0.1) is 0 Å². The molecule has 0 fully saturated rings. The zero-order valence-corrected chi connectivity index (χ0v) is 17.3. The first kappa shape index (κ1) is 19.6. The summed E-state index contributed by atoms with van der Waals surface area (Å²) in [6.07, 6.45) is 1.60. The van der Waals surface area contributed by atoms with Crippen LogP contribution in [0.2, 0.25) is 0 Å². The lowest BCUT2D eigenvalue weighted by Gasteiger charge is -2.14.